The van der Waals surface area contributed by atoms with Gasteiger partial charge in [0.2, 0.25) is 0 Å². The molecule has 1 atom stereocenters. The number of carbonyl (C=O) groups excluding carboxylic acids is 1. The number of rotatable bonds is 8. The molecule has 0 aliphatic carbocycles. The van der Waals surface area contributed by atoms with E-state index in [0.717, 1.165) is 16.9 Å². The highest BCUT2D eigenvalue weighted by Crippen LogP contribution is 2.38. The quantitative estimate of drug-likeness (QED) is 0.306. The second-order valence-corrected chi connectivity index (χ2v) is 9.83. The summed E-state index contributed by atoms with van der Waals surface area (Å²) < 4.78 is 23.8. The lowest BCUT2D eigenvalue weighted by atomic mass is 9.93. The maximum absolute atomic E-state index is 14.0. The van der Waals surface area contributed by atoms with Crippen molar-refractivity contribution in [2.24, 2.45) is 4.99 Å². The van der Waals surface area contributed by atoms with Crippen LogP contribution in [0, 0.1) is 0 Å². The van der Waals surface area contributed by atoms with Gasteiger partial charge in [-0.05, 0) is 48.4 Å². The van der Waals surface area contributed by atoms with Crippen molar-refractivity contribution in [3.63, 3.8) is 0 Å². The van der Waals surface area contributed by atoms with Crippen molar-refractivity contribution < 1.29 is 23.7 Å². The molecule has 4 aromatic rings. The molecule has 0 radical (unpaired) electrons. The Hall–Kier alpha value is -4.63. The number of thiazole rings is 1. The van der Waals surface area contributed by atoms with Crippen LogP contribution in [0.5, 0.6) is 17.2 Å². The first-order valence-electron chi connectivity index (χ1n) is 12.6. The van der Waals surface area contributed by atoms with Crippen LogP contribution in [0.4, 0.5) is 0 Å². The van der Waals surface area contributed by atoms with Gasteiger partial charge in [-0.1, -0.05) is 59.9 Å². The molecule has 0 saturated heterocycles. The first-order valence-corrected chi connectivity index (χ1v) is 13.4. The van der Waals surface area contributed by atoms with Gasteiger partial charge in [0.15, 0.2) is 16.3 Å². The minimum Gasteiger partial charge on any atom is -0.497 e. The SMILES string of the molecule is CCOC(=O)C1=C(c2ccccc2)N=c2s/c(=C\c3ccc(OC)cc3)c(=O)n2[C@H]1c1ccc(OC)c(OC)c1. The number of methoxy groups -OCH3 is 3. The molecule has 0 fully saturated rings. The third-order valence-corrected chi connectivity index (χ3v) is 7.49. The van der Waals surface area contributed by atoms with Crippen LogP contribution in [0.15, 0.2) is 88.2 Å². The van der Waals surface area contributed by atoms with Gasteiger partial charge in [-0.25, -0.2) is 9.79 Å². The summed E-state index contributed by atoms with van der Waals surface area (Å²) in [6, 6.07) is 21.4. The molecule has 0 amide bonds. The average Bonchev–Trinajstić information content (AvgIpc) is 3.30. The van der Waals surface area contributed by atoms with Gasteiger partial charge in [0.1, 0.15) is 5.75 Å². The first kappa shape index (κ1) is 27.0. The van der Waals surface area contributed by atoms with Crippen LogP contribution in [-0.2, 0) is 9.53 Å². The normalized spacial score (nSPS) is 14.8. The van der Waals surface area contributed by atoms with Crippen molar-refractivity contribution in [1.82, 2.24) is 4.57 Å². The summed E-state index contributed by atoms with van der Waals surface area (Å²) in [5.41, 5.74) is 2.68. The van der Waals surface area contributed by atoms with E-state index in [1.165, 1.54) is 11.3 Å². The van der Waals surface area contributed by atoms with Crippen LogP contribution in [0.2, 0.25) is 0 Å². The van der Waals surface area contributed by atoms with Gasteiger partial charge in [-0.3, -0.25) is 9.36 Å². The second kappa shape index (κ2) is 11.6. The molecular formula is C31H28N2O6S. The fourth-order valence-corrected chi connectivity index (χ4v) is 5.63. The molecule has 0 bridgehead atoms. The zero-order valence-electron chi connectivity index (χ0n) is 22.5. The molecule has 0 spiro atoms. The number of esters is 1. The van der Waals surface area contributed by atoms with E-state index in [-0.39, 0.29) is 17.7 Å². The van der Waals surface area contributed by atoms with Gasteiger partial charge < -0.3 is 18.9 Å². The number of nitrogens with zero attached hydrogens (tertiary/aromatic N) is 2. The van der Waals surface area contributed by atoms with Crippen molar-refractivity contribution in [2.75, 3.05) is 27.9 Å². The van der Waals surface area contributed by atoms with E-state index < -0.39 is 12.0 Å². The second-order valence-electron chi connectivity index (χ2n) is 8.82. The fraction of sp³-hybridized carbons (Fsp3) is 0.194. The van der Waals surface area contributed by atoms with Crippen LogP contribution in [-0.4, -0.2) is 38.5 Å². The Morgan fingerprint density at radius 3 is 2.33 bits per heavy atom. The average molecular weight is 557 g/mol. The number of hydrogen-bond donors (Lipinski definition) is 0. The highest BCUT2D eigenvalue weighted by molar-refractivity contribution is 7.07. The Labute approximate surface area is 235 Å². The third-order valence-electron chi connectivity index (χ3n) is 6.51. The molecule has 2 heterocycles. The molecular weight excluding hydrogens is 528 g/mol. The molecule has 1 aromatic heterocycles. The Bertz CT molecular complexity index is 1750. The van der Waals surface area contributed by atoms with Crippen molar-refractivity contribution in [2.45, 2.75) is 13.0 Å². The zero-order valence-corrected chi connectivity index (χ0v) is 23.4. The summed E-state index contributed by atoms with van der Waals surface area (Å²) in [5.74, 6) is 1.18. The van der Waals surface area contributed by atoms with Gasteiger partial charge in [-0.2, -0.15) is 0 Å². The smallest absolute Gasteiger partial charge is 0.338 e. The molecule has 1 aliphatic heterocycles. The molecule has 8 nitrogen and oxygen atoms in total. The number of benzene rings is 3. The van der Waals surface area contributed by atoms with Crippen LogP contribution < -0.4 is 29.1 Å². The van der Waals surface area contributed by atoms with Crippen molar-refractivity contribution in [3.8, 4) is 17.2 Å². The Kier molecular flexibility index (Phi) is 7.84. The Balaban J connectivity index is 1.82. The highest BCUT2D eigenvalue weighted by Gasteiger charge is 2.35. The standard InChI is InChI=1S/C31H28N2O6S/c1-5-39-30(35)26-27(20-9-7-6-8-10-20)32-31-33(28(26)21-13-16-23(37-3)24(18-21)38-4)29(34)25(40-31)17-19-11-14-22(36-2)15-12-19/h6-18,28H,5H2,1-4H3/b25-17-/t28-/m0/s1. The van der Waals surface area contributed by atoms with Gasteiger partial charge >= 0.3 is 5.97 Å². The number of hydrogen-bond acceptors (Lipinski definition) is 8. The van der Waals surface area contributed by atoms with Crippen LogP contribution >= 0.6 is 11.3 Å². The minimum atomic E-state index is -0.816. The van der Waals surface area contributed by atoms with Gasteiger partial charge in [0.05, 0.1) is 49.8 Å². The zero-order chi connectivity index (χ0) is 28.2. The van der Waals surface area contributed by atoms with Crippen molar-refractivity contribution in [3.05, 3.63) is 115 Å². The van der Waals surface area contributed by atoms with Crippen LogP contribution in [0.1, 0.15) is 29.7 Å². The van der Waals surface area contributed by atoms with Crippen LogP contribution in [0.25, 0.3) is 11.8 Å². The predicted octanol–water partition coefficient (Wildman–Crippen LogP) is 3.96. The summed E-state index contributed by atoms with van der Waals surface area (Å²) in [4.78, 5) is 32.9. The number of aromatic nitrogens is 1. The maximum Gasteiger partial charge on any atom is 0.338 e. The van der Waals surface area contributed by atoms with Gasteiger partial charge in [-0.15, -0.1) is 0 Å². The topological polar surface area (TPSA) is 88.4 Å². The largest absolute Gasteiger partial charge is 0.497 e. The lowest BCUT2D eigenvalue weighted by Crippen LogP contribution is -2.40. The first-order chi connectivity index (χ1) is 19.5. The molecule has 0 saturated carbocycles. The van der Waals surface area contributed by atoms with E-state index in [1.807, 2.05) is 66.7 Å². The summed E-state index contributed by atoms with van der Waals surface area (Å²) in [5, 5.41) is 0. The maximum atomic E-state index is 14.0. The van der Waals surface area contributed by atoms with Crippen molar-refractivity contribution in [1.29, 1.82) is 0 Å². The Morgan fingerprint density at radius 1 is 0.950 bits per heavy atom. The number of carbonyl (C=O) groups is 1. The van der Waals surface area contributed by atoms with E-state index in [4.69, 9.17) is 23.9 Å². The van der Waals surface area contributed by atoms with Gasteiger partial charge in [0, 0.05) is 5.56 Å². The van der Waals surface area contributed by atoms with E-state index in [1.54, 1.807) is 45.0 Å². The van der Waals surface area contributed by atoms with Gasteiger partial charge in [0.25, 0.3) is 5.56 Å². The molecule has 204 valence electrons. The number of fused-ring (bicyclic) bond motifs is 1. The monoisotopic (exact) mass is 556 g/mol. The molecule has 5 rings (SSSR count). The minimum absolute atomic E-state index is 0.172. The highest BCUT2D eigenvalue weighted by atomic mass is 32.1. The summed E-state index contributed by atoms with van der Waals surface area (Å²) >= 11 is 1.26. The van der Waals surface area contributed by atoms with Crippen LogP contribution in [0.3, 0.4) is 0 Å². The Morgan fingerprint density at radius 2 is 1.68 bits per heavy atom. The molecule has 9 heteroatoms. The molecule has 40 heavy (non-hydrogen) atoms. The molecule has 0 N–H and O–H groups in total. The molecule has 3 aromatic carbocycles. The van der Waals surface area contributed by atoms with Crippen molar-refractivity contribution >= 4 is 29.1 Å². The van der Waals surface area contributed by atoms with E-state index in [9.17, 15) is 9.59 Å². The lowest BCUT2D eigenvalue weighted by Gasteiger charge is -2.26. The summed E-state index contributed by atoms with van der Waals surface area (Å²) in [6.07, 6.45) is 1.81. The predicted molar refractivity (Wildman–Crippen MR) is 154 cm³/mol. The summed E-state index contributed by atoms with van der Waals surface area (Å²) in [6.45, 7) is 1.92. The van der Waals surface area contributed by atoms with E-state index in [0.29, 0.717) is 32.1 Å². The fourth-order valence-electron chi connectivity index (χ4n) is 4.63. The molecule has 0 unspecified atom stereocenters. The number of ether oxygens (including phenoxy) is 4. The van der Waals surface area contributed by atoms with E-state index in [2.05, 4.69) is 0 Å². The summed E-state index contributed by atoms with van der Waals surface area (Å²) in [7, 11) is 4.70. The third kappa shape index (κ3) is 5.03. The lowest BCUT2D eigenvalue weighted by molar-refractivity contribution is -0.138. The molecule has 1 aliphatic rings. The van der Waals surface area contributed by atoms with E-state index >= 15 is 0 Å².